The molecule has 0 aliphatic carbocycles. The van der Waals surface area contributed by atoms with E-state index in [2.05, 4.69) is 29.0 Å². The number of oxazole rings is 1. The Labute approximate surface area is 175 Å². The van der Waals surface area contributed by atoms with Crippen molar-refractivity contribution >= 4 is 11.2 Å². The Kier molecular flexibility index (Phi) is 6.19. The monoisotopic (exact) mass is 404 g/mol. The molecule has 1 N–H and O–H groups in total. The van der Waals surface area contributed by atoms with Crippen LogP contribution < -0.4 is 0 Å². The van der Waals surface area contributed by atoms with E-state index in [9.17, 15) is 9.50 Å². The molecule has 0 saturated heterocycles. The topological polar surface area (TPSA) is 59.2 Å². The molecule has 0 aliphatic heterocycles. The van der Waals surface area contributed by atoms with Gasteiger partial charge in [-0.25, -0.2) is 9.37 Å². The van der Waals surface area contributed by atoms with E-state index in [-0.39, 0.29) is 5.82 Å². The van der Waals surface area contributed by atoms with E-state index in [0.717, 1.165) is 42.4 Å². The van der Waals surface area contributed by atoms with Crippen LogP contribution in [-0.2, 0) is 6.42 Å². The lowest BCUT2D eigenvalue weighted by molar-refractivity contribution is 0.133. The molecule has 2 aromatic heterocycles. The van der Waals surface area contributed by atoms with E-state index < -0.39 is 6.10 Å². The standard InChI is InChI=1S/C25H25FN2O2/c1-17-7-5-6-9-21(17)19-15-23-24(27-16-19)28-25(30-23)22(29)10-4-2-3-8-18-11-13-20(26)14-12-18/h5-7,9,11-16,22,29H,2-4,8,10H2,1H3. The van der Waals surface area contributed by atoms with E-state index in [1.165, 1.54) is 17.7 Å². The third-order valence-corrected chi connectivity index (χ3v) is 5.36. The second-order valence-corrected chi connectivity index (χ2v) is 7.65. The molecule has 2 aromatic carbocycles. The minimum atomic E-state index is -0.744. The summed E-state index contributed by atoms with van der Waals surface area (Å²) < 4.78 is 18.7. The zero-order chi connectivity index (χ0) is 20.9. The van der Waals surface area contributed by atoms with Gasteiger partial charge >= 0.3 is 0 Å². The number of rotatable bonds is 8. The Bertz CT molecular complexity index is 1120. The Morgan fingerprint density at radius 3 is 2.63 bits per heavy atom. The minimum absolute atomic E-state index is 0.208. The fourth-order valence-electron chi connectivity index (χ4n) is 3.64. The van der Waals surface area contributed by atoms with E-state index in [1.807, 2.05) is 30.3 Å². The molecule has 1 unspecified atom stereocenters. The van der Waals surface area contributed by atoms with E-state index in [1.54, 1.807) is 6.20 Å². The van der Waals surface area contributed by atoms with Crippen molar-refractivity contribution < 1.29 is 13.9 Å². The van der Waals surface area contributed by atoms with Gasteiger partial charge < -0.3 is 9.52 Å². The number of hydrogen-bond acceptors (Lipinski definition) is 4. The molecular weight excluding hydrogens is 379 g/mol. The number of fused-ring (bicyclic) bond motifs is 1. The van der Waals surface area contributed by atoms with E-state index >= 15 is 0 Å². The maximum atomic E-state index is 12.9. The molecule has 0 aliphatic rings. The lowest BCUT2D eigenvalue weighted by atomic mass is 10.0. The largest absolute Gasteiger partial charge is 0.436 e. The fourth-order valence-corrected chi connectivity index (χ4v) is 3.64. The second kappa shape index (κ2) is 9.18. The van der Waals surface area contributed by atoms with Crippen LogP contribution in [0.5, 0.6) is 0 Å². The number of halogens is 1. The van der Waals surface area contributed by atoms with Crippen LogP contribution in [0.4, 0.5) is 4.39 Å². The Morgan fingerprint density at radius 2 is 1.83 bits per heavy atom. The maximum absolute atomic E-state index is 12.9. The first-order valence-electron chi connectivity index (χ1n) is 10.3. The molecule has 4 aromatic rings. The molecule has 0 bridgehead atoms. The summed E-state index contributed by atoms with van der Waals surface area (Å²) in [6.45, 7) is 2.06. The highest BCUT2D eigenvalue weighted by atomic mass is 19.1. The molecule has 2 heterocycles. The number of unbranched alkanes of at least 4 members (excludes halogenated alkanes) is 2. The predicted molar refractivity (Wildman–Crippen MR) is 116 cm³/mol. The lowest BCUT2D eigenvalue weighted by Gasteiger charge is -2.06. The number of nitrogens with zero attached hydrogens (tertiary/aromatic N) is 2. The molecule has 5 heteroatoms. The average Bonchev–Trinajstić information content (AvgIpc) is 3.18. The van der Waals surface area contributed by atoms with Gasteiger partial charge in [0.2, 0.25) is 5.89 Å². The summed E-state index contributed by atoms with van der Waals surface area (Å²) in [4.78, 5) is 8.77. The van der Waals surface area contributed by atoms with Gasteiger partial charge in [-0.15, -0.1) is 0 Å². The average molecular weight is 404 g/mol. The number of benzene rings is 2. The molecule has 4 nitrogen and oxygen atoms in total. The summed E-state index contributed by atoms with van der Waals surface area (Å²) in [5.41, 5.74) is 5.47. The summed E-state index contributed by atoms with van der Waals surface area (Å²) in [7, 11) is 0. The highest BCUT2D eigenvalue weighted by molar-refractivity contribution is 5.77. The Balaban J connectivity index is 1.33. The third-order valence-electron chi connectivity index (χ3n) is 5.36. The van der Waals surface area contributed by atoms with E-state index in [0.29, 0.717) is 23.5 Å². The van der Waals surface area contributed by atoms with Crippen molar-refractivity contribution in [3.8, 4) is 11.1 Å². The van der Waals surface area contributed by atoms with Gasteiger partial charge in [0.25, 0.3) is 0 Å². The van der Waals surface area contributed by atoms with Crippen LogP contribution in [0.3, 0.4) is 0 Å². The number of pyridine rings is 1. The van der Waals surface area contributed by atoms with Gasteiger partial charge in [0, 0.05) is 11.8 Å². The number of aryl methyl sites for hydroxylation is 2. The molecule has 0 spiro atoms. The van der Waals surface area contributed by atoms with Gasteiger partial charge in [0.1, 0.15) is 11.9 Å². The fraction of sp³-hybridized carbons (Fsp3) is 0.280. The molecule has 30 heavy (non-hydrogen) atoms. The lowest BCUT2D eigenvalue weighted by Crippen LogP contribution is -1.98. The highest BCUT2D eigenvalue weighted by Crippen LogP contribution is 2.28. The van der Waals surface area contributed by atoms with Gasteiger partial charge in [-0.3, -0.25) is 0 Å². The van der Waals surface area contributed by atoms with Gasteiger partial charge in [-0.05, 0) is 61.1 Å². The molecule has 4 rings (SSSR count). The normalized spacial score (nSPS) is 12.4. The quantitative estimate of drug-likeness (QED) is 0.357. The second-order valence-electron chi connectivity index (χ2n) is 7.65. The molecular formula is C25H25FN2O2. The molecule has 154 valence electrons. The molecule has 0 fully saturated rings. The SMILES string of the molecule is Cc1ccccc1-c1cnc2nc(C(O)CCCCCc3ccc(F)cc3)oc2c1. The molecule has 0 amide bonds. The zero-order valence-electron chi connectivity index (χ0n) is 17.0. The predicted octanol–water partition coefficient (Wildman–Crippen LogP) is 6.17. The van der Waals surface area contributed by atoms with Crippen molar-refractivity contribution in [2.45, 2.75) is 45.1 Å². The zero-order valence-corrected chi connectivity index (χ0v) is 17.0. The Morgan fingerprint density at radius 1 is 1.03 bits per heavy atom. The Hall–Kier alpha value is -3.05. The van der Waals surface area contributed by atoms with Crippen molar-refractivity contribution in [2.75, 3.05) is 0 Å². The van der Waals surface area contributed by atoms with Crippen LogP contribution in [0.15, 0.2) is 65.2 Å². The van der Waals surface area contributed by atoms with Gasteiger partial charge in [0.15, 0.2) is 11.2 Å². The number of aliphatic hydroxyl groups is 1. The maximum Gasteiger partial charge on any atom is 0.225 e. The van der Waals surface area contributed by atoms with Crippen molar-refractivity contribution in [1.29, 1.82) is 0 Å². The van der Waals surface area contributed by atoms with Crippen LogP contribution in [-0.4, -0.2) is 15.1 Å². The smallest absolute Gasteiger partial charge is 0.225 e. The van der Waals surface area contributed by atoms with Gasteiger partial charge in [0.05, 0.1) is 0 Å². The first-order valence-corrected chi connectivity index (χ1v) is 10.3. The number of aliphatic hydroxyl groups excluding tert-OH is 1. The van der Waals surface area contributed by atoms with Crippen molar-refractivity contribution in [3.63, 3.8) is 0 Å². The van der Waals surface area contributed by atoms with Crippen LogP contribution in [0.1, 0.15) is 48.8 Å². The van der Waals surface area contributed by atoms with Crippen LogP contribution >= 0.6 is 0 Å². The highest BCUT2D eigenvalue weighted by Gasteiger charge is 2.16. The summed E-state index contributed by atoms with van der Waals surface area (Å²) >= 11 is 0. The molecule has 0 saturated carbocycles. The minimum Gasteiger partial charge on any atom is -0.436 e. The van der Waals surface area contributed by atoms with Crippen LogP contribution in [0.2, 0.25) is 0 Å². The van der Waals surface area contributed by atoms with Crippen molar-refractivity contribution in [1.82, 2.24) is 9.97 Å². The van der Waals surface area contributed by atoms with Crippen molar-refractivity contribution in [2.24, 2.45) is 0 Å². The number of hydrogen-bond donors (Lipinski definition) is 1. The third kappa shape index (κ3) is 4.74. The molecule has 1 atom stereocenters. The first-order chi connectivity index (χ1) is 14.6. The van der Waals surface area contributed by atoms with E-state index in [4.69, 9.17) is 4.42 Å². The summed E-state index contributed by atoms with van der Waals surface area (Å²) in [6, 6.07) is 16.7. The van der Waals surface area contributed by atoms with Gasteiger partial charge in [-0.2, -0.15) is 4.98 Å². The van der Waals surface area contributed by atoms with Crippen LogP contribution in [0.25, 0.3) is 22.4 Å². The summed E-state index contributed by atoms with van der Waals surface area (Å²) in [5.74, 6) is 0.110. The summed E-state index contributed by atoms with van der Waals surface area (Å²) in [5, 5.41) is 10.5. The summed E-state index contributed by atoms with van der Waals surface area (Å²) in [6.07, 6.45) is 5.37. The van der Waals surface area contributed by atoms with Crippen molar-refractivity contribution in [3.05, 3.63) is 83.6 Å². The first kappa shape index (κ1) is 20.2. The van der Waals surface area contributed by atoms with Gasteiger partial charge in [-0.1, -0.05) is 49.2 Å². The number of aromatic nitrogens is 2. The molecule has 0 radical (unpaired) electrons. The van der Waals surface area contributed by atoms with Crippen LogP contribution in [0, 0.1) is 12.7 Å².